The molecule has 3 nitrogen and oxygen atoms in total. The first-order chi connectivity index (χ1) is 11.4. The van der Waals surface area contributed by atoms with Crippen molar-refractivity contribution < 1.29 is 18.0 Å². The van der Waals surface area contributed by atoms with Gasteiger partial charge in [-0.1, -0.05) is 25.0 Å². The maximum absolute atomic E-state index is 12.4. The molecule has 7 heteroatoms. The zero-order valence-corrected chi connectivity index (χ0v) is 14.8. The Morgan fingerprint density at radius 1 is 1.16 bits per heavy atom. The Morgan fingerprint density at radius 3 is 2.48 bits per heavy atom. The zero-order chi connectivity index (χ0) is 17.2. The fraction of sp³-hybridized carbons (Fsp3) is 0.611. The number of alkyl halides is 3. The summed E-state index contributed by atoms with van der Waals surface area (Å²) in [5.74, 6) is 0.548. The van der Waals surface area contributed by atoms with Crippen LogP contribution in [0.2, 0.25) is 0 Å². The first-order valence-corrected chi connectivity index (χ1v) is 8.63. The number of anilines is 1. The van der Waals surface area contributed by atoms with Crippen molar-refractivity contribution in [3.8, 4) is 0 Å². The SMILES string of the molecule is Cl.O=C(Nc1ccc(CCC(F)(F)F)cc1)C1CC2CCCCC2N1. The van der Waals surface area contributed by atoms with Crippen molar-refractivity contribution in [2.45, 2.75) is 63.2 Å². The van der Waals surface area contributed by atoms with Crippen LogP contribution in [0, 0.1) is 5.92 Å². The van der Waals surface area contributed by atoms with Gasteiger partial charge in [-0.3, -0.25) is 4.79 Å². The average molecular weight is 377 g/mol. The van der Waals surface area contributed by atoms with Gasteiger partial charge in [-0.2, -0.15) is 13.2 Å². The molecule has 1 heterocycles. The summed E-state index contributed by atoms with van der Waals surface area (Å²) in [7, 11) is 0. The Hall–Kier alpha value is -1.27. The molecular weight excluding hydrogens is 353 g/mol. The van der Waals surface area contributed by atoms with E-state index >= 15 is 0 Å². The molecule has 1 saturated carbocycles. The molecule has 0 spiro atoms. The fourth-order valence-electron chi connectivity index (χ4n) is 3.79. The van der Waals surface area contributed by atoms with E-state index < -0.39 is 12.6 Å². The average Bonchev–Trinajstić information content (AvgIpc) is 2.98. The fourth-order valence-corrected chi connectivity index (χ4v) is 3.79. The van der Waals surface area contributed by atoms with Crippen molar-refractivity contribution in [2.75, 3.05) is 5.32 Å². The highest BCUT2D eigenvalue weighted by molar-refractivity contribution is 5.95. The molecule has 1 aromatic carbocycles. The molecule has 0 radical (unpaired) electrons. The molecule has 2 fully saturated rings. The van der Waals surface area contributed by atoms with Crippen LogP contribution in [0.3, 0.4) is 0 Å². The summed E-state index contributed by atoms with van der Waals surface area (Å²) in [6.07, 6.45) is 0.673. The van der Waals surface area contributed by atoms with E-state index in [2.05, 4.69) is 10.6 Å². The lowest BCUT2D eigenvalue weighted by atomic mass is 9.85. The van der Waals surface area contributed by atoms with Gasteiger partial charge in [0.1, 0.15) is 0 Å². The number of rotatable bonds is 4. The summed E-state index contributed by atoms with van der Waals surface area (Å²) in [5, 5.41) is 6.29. The molecule has 140 valence electrons. The smallest absolute Gasteiger partial charge is 0.325 e. The highest BCUT2D eigenvalue weighted by Crippen LogP contribution is 2.33. The quantitative estimate of drug-likeness (QED) is 0.814. The molecular formula is C18H24ClF3N2O. The number of carbonyl (C=O) groups excluding carboxylic acids is 1. The van der Waals surface area contributed by atoms with Gasteiger partial charge in [-0.25, -0.2) is 0 Å². The third-order valence-electron chi connectivity index (χ3n) is 5.10. The van der Waals surface area contributed by atoms with Crippen LogP contribution >= 0.6 is 12.4 Å². The van der Waals surface area contributed by atoms with Crippen molar-refractivity contribution in [1.29, 1.82) is 0 Å². The monoisotopic (exact) mass is 376 g/mol. The number of amides is 1. The molecule has 1 aliphatic carbocycles. The van der Waals surface area contributed by atoms with Crippen LogP contribution in [-0.2, 0) is 11.2 Å². The number of halogens is 4. The van der Waals surface area contributed by atoms with Gasteiger partial charge in [0.05, 0.1) is 6.04 Å². The predicted octanol–water partition coefficient (Wildman–Crippen LogP) is 4.46. The first-order valence-electron chi connectivity index (χ1n) is 8.63. The lowest BCUT2D eigenvalue weighted by Crippen LogP contribution is -2.39. The number of carbonyl (C=O) groups is 1. The maximum atomic E-state index is 12.4. The summed E-state index contributed by atoms with van der Waals surface area (Å²) in [6.45, 7) is 0. The Morgan fingerprint density at radius 2 is 1.84 bits per heavy atom. The highest BCUT2D eigenvalue weighted by atomic mass is 35.5. The minimum atomic E-state index is -4.14. The van der Waals surface area contributed by atoms with Crippen LogP contribution in [0.15, 0.2) is 24.3 Å². The van der Waals surface area contributed by atoms with E-state index in [1.165, 1.54) is 19.3 Å². The van der Waals surface area contributed by atoms with E-state index in [0.29, 0.717) is 23.2 Å². The molecule has 1 amide bonds. The van der Waals surface area contributed by atoms with Gasteiger partial charge in [-0.05, 0) is 49.3 Å². The normalized spacial score (nSPS) is 25.8. The van der Waals surface area contributed by atoms with Gasteiger partial charge < -0.3 is 10.6 Å². The lowest BCUT2D eigenvalue weighted by Gasteiger charge is -2.24. The van der Waals surface area contributed by atoms with Gasteiger partial charge in [-0.15, -0.1) is 12.4 Å². The largest absolute Gasteiger partial charge is 0.389 e. The van der Waals surface area contributed by atoms with Gasteiger partial charge in [0.25, 0.3) is 0 Å². The molecule has 2 N–H and O–H groups in total. The van der Waals surface area contributed by atoms with E-state index in [-0.39, 0.29) is 30.8 Å². The number of benzene rings is 1. The van der Waals surface area contributed by atoms with Crippen LogP contribution in [0.25, 0.3) is 0 Å². The second-order valence-corrected chi connectivity index (χ2v) is 6.91. The summed E-state index contributed by atoms with van der Waals surface area (Å²) in [6, 6.07) is 6.92. The number of fused-ring (bicyclic) bond motifs is 1. The molecule has 0 bridgehead atoms. The third-order valence-corrected chi connectivity index (χ3v) is 5.10. The second-order valence-electron chi connectivity index (χ2n) is 6.91. The van der Waals surface area contributed by atoms with E-state index in [4.69, 9.17) is 0 Å². The van der Waals surface area contributed by atoms with E-state index in [9.17, 15) is 18.0 Å². The molecule has 25 heavy (non-hydrogen) atoms. The zero-order valence-electron chi connectivity index (χ0n) is 13.9. The topological polar surface area (TPSA) is 41.1 Å². The highest BCUT2D eigenvalue weighted by Gasteiger charge is 2.38. The van der Waals surface area contributed by atoms with Crippen molar-refractivity contribution in [3.63, 3.8) is 0 Å². The minimum Gasteiger partial charge on any atom is -0.325 e. The Bertz CT molecular complexity index is 563. The third kappa shape index (κ3) is 5.61. The molecule has 3 rings (SSSR count). The van der Waals surface area contributed by atoms with E-state index in [0.717, 1.165) is 12.8 Å². The Kier molecular flexibility index (Phi) is 6.74. The van der Waals surface area contributed by atoms with E-state index in [1.807, 2.05) is 0 Å². The molecule has 1 saturated heterocycles. The number of hydrogen-bond donors (Lipinski definition) is 2. The van der Waals surface area contributed by atoms with Crippen molar-refractivity contribution >= 4 is 24.0 Å². The molecule has 2 aliphatic rings. The molecule has 3 unspecified atom stereocenters. The minimum absolute atomic E-state index is 0. The van der Waals surface area contributed by atoms with E-state index in [1.54, 1.807) is 24.3 Å². The van der Waals surface area contributed by atoms with Crippen molar-refractivity contribution in [3.05, 3.63) is 29.8 Å². The number of aryl methyl sites for hydroxylation is 1. The van der Waals surface area contributed by atoms with Gasteiger partial charge >= 0.3 is 6.18 Å². The lowest BCUT2D eigenvalue weighted by molar-refractivity contribution is -0.134. The molecule has 1 aromatic rings. The molecule has 3 atom stereocenters. The summed E-state index contributed by atoms with van der Waals surface area (Å²) >= 11 is 0. The number of hydrogen-bond acceptors (Lipinski definition) is 2. The van der Waals surface area contributed by atoms with Crippen LogP contribution in [0.4, 0.5) is 18.9 Å². The predicted molar refractivity (Wildman–Crippen MR) is 94.0 cm³/mol. The van der Waals surface area contributed by atoms with Crippen LogP contribution < -0.4 is 10.6 Å². The standard InChI is InChI=1S/C18H23F3N2O.ClH/c19-18(20,21)10-9-12-5-7-14(8-6-12)22-17(24)16-11-13-3-1-2-4-15(13)23-16;/h5-8,13,15-16,23H,1-4,9-11H2,(H,22,24);1H. The Balaban J connectivity index is 0.00000225. The van der Waals surface area contributed by atoms with Crippen LogP contribution in [0.1, 0.15) is 44.1 Å². The van der Waals surface area contributed by atoms with Gasteiger partial charge in [0, 0.05) is 18.2 Å². The summed E-state index contributed by atoms with van der Waals surface area (Å²) < 4.78 is 36.7. The summed E-state index contributed by atoms with van der Waals surface area (Å²) in [4.78, 5) is 12.4. The van der Waals surface area contributed by atoms with Crippen LogP contribution in [0.5, 0.6) is 0 Å². The first kappa shape index (κ1) is 20.0. The Labute approximate surface area is 152 Å². The van der Waals surface area contributed by atoms with Crippen molar-refractivity contribution in [1.82, 2.24) is 5.32 Å². The molecule has 1 aliphatic heterocycles. The second kappa shape index (κ2) is 8.41. The molecule has 0 aromatic heterocycles. The van der Waals surface area contributed by atoms with Gasteiger partial charge in [0.15, 0.2) is 0 Å². The number of nitrogens with one attached hydrogen (secondary N) is 2. The maximum Gasteiger partial charge on any atom is 0.389 e. The van der Waals surface area contributed by atoms with Crippen molar-refractivity contribution in [2.24, 2.45) is 5.92 Å². The van der Waals surface area contributed by atoms with Gasteiger partial charge in [0.2, 0.25) is 5.91 Å². The van der Waals surface area contributed by atoms with Crippen LogP contribution in [-0.4, -0.2) is 24.2 Å². The summed E-state index contributed by atoms with van der Waals surface area (Å²) in [5.41, 5.74) is 1.25.